The monoisotopic (exact) mass is 381 g/mol. The lowest BCUT2D eigenvalue weighted by Gasteiger charge is -2.39. The number of hydrogen-bond donors (Lipinski definition) is 2. The predicted molar refractivity (Wildman–Crippen MR) is 100 cm³/mol. The van der Waals surface area contributed by atoms with Crippen LogP contribution in [0.1, 0.15) is 49.1 Å². The summed E-state index contributed by atoms with van der Waals surface area (Å²) >= 11 is 0. The molecule has 2 amide bonds. The van der Waals surface area contributed by atoms with E-state index in [1.165, 1.54) is 12.7 Å². The number of piperidine rings is 1. The molecular weight excluding hydrogens is 354 g/mol. The molecule has 3 fully saturated rings. The van der Waals surface area contributed by atoms with Crippen molar-refractivity contribution in [3.63, 3.8) is 0 Å². The Morgan fingerprint density at radius 3 is 2.77 bits per heavy atom. The number of nitrogens with one attached hydrogen (secondary N) is 2. The molecule has 2 N–H and O–H groups in total. The van der Waals surface area contributed by atoms with Gasteiger partial charge in [-0.25, -0.2) is 0 Å². The van der Waals surface area contributed by atoms with Crippen LogP contribution in [-0.2, 0) is 4.79 Å². The topological polar surface area (TPSA) is 74.6 Å². The highest BCUT2D eigenvalue weighted by molar-refractivity contribution is 5.91. The highest BCUT2D eigenvalue weighted by Gasteiger charge is 2.50. The first-order chi connectivity index (χ1) is 12.2. The fourth-order valence-corrected chi connectivity index (χ4v) is 4.80. The first-order valence-electron chi connectivity index (χ1n) is 9.53. The molecule has 2 atom stereocenters. The summed E-state index contributed by atoms with van der Waals surface area (Å²) in [7, 11) is 0. The molecule has 0 radical (unpaired) electrons. The quantitative estimate of drug-likeness (QED) is 0.841. The lowest BCUT2D eigenvalue weighted by Crippen LogP contribution is -2.53. The summed E-state index contributed by atoms with van der Waals surface area (Å²) in [5.74, 6) is 1.06. The molecular formula is C19H28ClN3O3. The summed E-state index contributed by atoms with van der Waals surface area (Å²) in [6.45, 7) is 3.13. The summed E-state index contributed by atoms with van der Waals surface area (Å²) in [6.07, 6.45) is 7.72. The van der Waals surface area contributed by atoms with Crippen LogP contribution >= 0.6 is 12.4 Å². The first kappa shape index (κ1) is 19.2. The molecule has 0 spiro atoms. The second kappa shape index (κ2) is 8.01. The van der Waals surface area contributed by atoms with Crippen LogP contribution in [0, 0.1) is 11.3 Å². The molecule has 0 unspecified atom stereocenters. The Morgan fingerprint density at radius 2 is 2.04 bits per heavy atom. The Balaban J connectivity index is 0.00000196. The van der Waals surface area contributed by atoms with Gasteiger partial charge in [0.15, 0.2) is 5.76 Å². The molecule has 144 valence electrons. The molecule has 0 bridgehead atoms. The zero-order valence-electron chi connectivity index (χ0n) is 15.0. The van der Waals surface area contributed by atoms with Crippen molar-refractivity contribution in [3.8, 4) is 0 Å². The zero-order chi connectivity index (χ0) is 17.3. The van der Waals surface area contributed by atoms with Gasteiger partial charge in [-0.3, -0.25) is 9.59 Å². The van der Waals surface area contributed by atoms with Crippen LogP contribution in [0.5, 0.6) is 0 Å². The Hall–Kier alpha value is -1.53. The third-order valence-corrected chi connectivity index (χ3v) is 6.34. The Morgan fingerprint density at radius 1 is 1.23 bits per heavy atom. The van der Waals surface area contributed by atoms with Crippen molar-refractivity contribution in [2.45, 2.75) is 44.6 Å². The molecule has 2 saturated heterocycles. The molecule has 7 heteroatoms. The minimum atomic E-state index is -0.195. The minimum absolute atomic E-state index is 0. The first-order valence-corrected chi connectivity index (χ1v) is 9.53. The number of amides is 2. The van der Waals surface area contributed by atoms with Crippen molar-refractivity contribution in [1.29, 1.82) is 0 Å². The maximum atomic E-state index is 13.0. The average molecular weight is 382 g/mol. The van der Waals surface area contributed by atoms with Crippen LogP contribution in [-0.4, -0.2) is 48.9 Å². The van der Waals surface area contributed by atoms with E-state index >= 15 is 0 Å². The summed E-state index contributed by atoms with van der Waals surface area (Å²) < 4.78 is 5.20. The zero-order valence-corrected chi connectivity index (χ0v) is 15.9. The molecule has 2 aliphatic heterocycles. The van der Waals surface area contributed by atoms with Gasteiger partial charge in [-0.05, 0) is 50.3 Å². The van der Waals surface area contributed by atoms with E-state index in [1.807, 2.05) is 4.90 Å². The van der Waals surface area contributed by atoms with Gasteiger partial charge < -0.3 is 20.0 Å². The molecule has 1 aromatic rings. The van der Waals surface area contributed by atoms with E-state index in [9.17, 15) is 9.59 Å². The van der Waals surface area contributed by atoms with Crippen LogP contribution in [0.4, 0.5) is 0 Å². The van der Waals surface area contributed by atoms with Gasteiger partial charge in [0.1, 0.15) is 0 Å². The number of furan rings is 1. The number of rotatable bonds is 3. The maximum Gasteiger partial charge on any atom is 0.289 e. The number of hydrogen-bond acceptors (Lipinski definition) is 4. The Bertz CT molecular complexity index is 628. The highest BCUT2D eigenvalue weighted by Crippen LogP contribution is 2.44. The van der Waals surface area contributed by atoms with Gasteiger partial charge in [-0.2, -0.15) is 0 Å². The van der Waals surface area contributed by atoms with Crippen molar-refractivity contribution in [1.82, 2.24) is 15.5 Å². The number of likely N-dealkylation sites (tertiary alicyclic amines) is 1. The van der Waals surface area contributed by atoms with Gasteiger partial charge in [0, 0.05) is 25.7 Å². The lowest BCUT2D eigenvalue weighted by molar-refractivity contribution is -0.135. The molecule has 0 aromatic carbocycles. The van der Waals surface area contributed by atoms with Crippen molar-refractivity contribution < 1.29 is 14.0 Å². The van der Waals surface area contributed by atoms with E-state index in [1.54, 1.807) is 12.1 Å². The second-order valence-electron chi connectivity index (χ2n) is 7.75. The smallest absolute Gasteiger partial charge is 0.289 e. The van der Waals surface area contributed by atoms with Crippen molar-refractivity contribution in [2.24, 2.45) is 11.3 Å². The number of carbonyl (C=O) groups excluding carboxylic acids is 2. The molecule has 1 aromatic heterocycles. The highest BCUT2D eigenvalue weighted by atomic mass is 35.5. The minimum Gasteiger partial charge on any atom is -0.459 e. The molecule has 1 saturated carbocycles. The fourth-order valence-electron chi connectivity index (χ4n) is 4.80. The van der Waals surface area contributed by atoms with Crippen LogP contribution in [0.25, 0.3) is 0 Å². The number of halogens is 1. The van der Waals surface area contributed by atoms with E-state index < -0.39 is 0 Å². The molecule has 3 aliphatic rings. The molecule has 1 aliphatic carbocycles. The van der Waals surface area contributed by atoms with Crippen LogP contribution < -0.4 is 10.6 Å². The normalized spacial score (nSPS) is 28.9. The fraction of sp³-hybridized carbons (Fsp3) is 0.684. The molecule has 3 heterocycles. The standard InChI is InChI=1S/C19H27N3O3.ClH/c23-17(16-5-3-11-25-16)22-9-6-15(7-10-22)21-18(24)19-8-2-1-4-14(19)12-20-13-19;/h3,5,11,14-15,20H,1-2,4,6-10,12-13H2,(H,21,24);1H/t14-,19+;/m0./s1. The number of nitrogens with zero attached hydrogens (tertiary/aromatic N) is 1. The van der Waals surface area contributed by atoms with Crippen LogP contribution in [0.3, 0.4) is 0 Å². The summed E-state index contributed by atoms with van der Waals surface area (Å²) in [5.41, 5.74) is -0.195. The number of carbonyl (C=O) groups is 2. The van der Waals surface area contributed by atoms with Gasteiger partial charge in [-0.15, -0.1) is 12.4 Å². The Kier molecular flexibility index (Phi) is 5.92. The average Bonchev–Trinajstić information content (AvgIpc) is 3.32. The summed E-state index contributed by atoms with van der Waals surface area (Å²) in [4.78, 5) is 27.2. The van der Waals surface area contributed by atoms with Crippen molar-refractivity contribution in [2.75, 3.05) is 26.2 Å². The third-order valence-electron chi connectivity index (χ3n) is 6.34. The van der Waals surface area contributed by atoms with Gasteiger partial charge in [0.25, 0.3) is 5.91 Å². The van der Waals surface area contributed by atoms with Gasteiger partial charge in [0.2, 0.25) is 5.91 Å². The predicted octanol–water partition coefficient (Wildman–Crippen LogP) is 2.20. The summed E-state index contributed by atoms with van der Waals surface area (Å²) in [6, 6.07) is 3.60. The van der Waals surface area contributed by atoms with E-state index in [2.05, 4.69) is 10.6 Å². The van der Waals surface area contributed by atoms with E-state index in [-0.39, 0.29) is 35.7 Å². The van der Waals surface area contributed by atoms with Crippen molar-refractivity contribution >= 4 is 24.2 Å². The van der Waals surface area contributed by atoms with Gasteiger partial charge in [-0.1, -0.05) is 12.8 Å². The molecule has 4 rings (SSSR count). The SMILES string of the molecule is Cl.O=C(c1ccco1)N1CCC(NC(=O)[C@@]23CCCC[C@H]2CNC3)CC1. The van der Waals surface area contributed by atoms with E-state index in [0.717, 1.165) is 45.2 Å². The molecule has 26 heavy (non-hydrogen) atoms. The van der Waals surface area contributed by atoms with Gasteiger partial charge in [0.05, 0.1) is 11.7 Å². The van der Waals surface area contributed by atoms with E-state index in [4.69, 9.17) is 4.42 Å². The summed E-state index contributed by atoms with van der Waals surface area (Å²) in [5, 5.41) is 6.74. The largest absolute Gasteiger partial charge is 0.459 e. The molecule has 6 nitrogen and oxygen atoms in total. The maximum absolute atomic E-state index is 13.0. The van der Waals surface area contributed by atoms with Crippen LogP contribution in [0.15, 0.2) is 22.8 Å². The second-order valence-corrected chi connectivity index (χ2v) is 7.75. The number of fused-ring (bicyclic) bond motifs is 1. The van der Waals surface area contributed by atoms with Gasteiger partial charge >= 0.3 is 0 Å². The van der Waals surface area contributed by atoms with Crippen molar-refractivity contribution in [3.05, 3.63) is 24.2 Å². The van der Waals surface area contributed by atoms with E-state index in [0.29, 0.717) is 24.8 Å². The lowest BCUT2D eigenvalue weighted by atomic mass is 9.67. The Labute approximate surface area is 160 Å². The van der Waals surface area contributed by atoms with Crippen LogP contribution in [0.2, 0.25) is 0 Å². The third kappa shape index (κ3) is 3.49.